The quantitative estimate of drug-likeness (QED) is 0.535. The maximum atomic E-state index is 11.9. The third kappa shape index (κ3) is 5.04. The minimum atomic E-state index is -3.48. The van der Waals surface area contributed by atoms with Crippen LogP contribution in [0.15, 0.2) is 34.2 Å². The molecule has 0 spiro atoms. The Morgan fingerprint density at radius 3 is 2.75 bits per heavy atom. The molecule has 1 heterocycles. The average Bonchev–Trinajstić information content (AvgIpc) is 2.82. The fourth-order valence-electron chi connectivity index (χ4n) is 2.31. The molecular weight excluding hydrogens is 332 g/mol. The predicted octanol–water partition coefficient (Wildman–Crippen LogP) is 1.48. The molecule has 132 valence electrons. The molecule has 8 heteroatoms. The second-order valence-corrected chi connectivity index (χ2v) is 7.01. The van der Waals surface area contributed by atoms with Gasteiger partial charge in [0.2, 0.25) is 0 Å². The van der Waals surface area contributed by atoms with E-state index >= 15 is 0 Å². The Morgan fingerprint density at radius 2 is 1.96 bits per heavy atom. The van der Waals surface area contributed by atoms with Crippen LogP contribution in [0.5, 0.6) is 0 Å². The van der Waals surface area contributed by atoms with E-state index in [0.29, 0.717) is 31.0 Å². The highest BCUT2D eigenvalue weighted by Crippen LogP contribution is 2.22. The average molecular weight is 354 g/mol. The summed E-state index contributed by atoms with van der Waals surface area (Å²) in [5.74, 6) is 0.167. The van der Waals surface area contributed by atoms with E-state index in [1.807, 2.05) is 0 Å². The second kappa shape index (κ2) is 8.79. The Kier molecular flexibility index (Phi) is 6.74. The molecule has 0 aromatic heterocycles. The van der Waals surface area contributed by atoms with Gasteiger partial charge in [-0.05, 0) is 25.0 Å². The molecule has 0 atom stereocenters. The maximum absolute atomic E-state index is 11.9. The van der Waals surface area contributed by atoms with Crippen molar-refractivity contribution >= 4 is 21.8 Å². The Hall–Kier alpha value is -1.93. The van der Waals surface area contributed by atoms with Gasteiger partial charge in [0.15, 0.2) is 0 Å². The van der Waals surface area contributed by atoms with Crippen molar-refractivity contribution in [3.63, 3.8) is 0 Å². The summed E-state index contributed by atoms with van der Waals surface area (Å²) in [5, 5.41) is 0. The van der Waals surface area contributed by atoms with Gasteiger partial charge in [-0.2, -0.15) is 0 Å². The Morgan fingerprint density at radius 1 is 1.17 bits per heavy atom. The van der Waals surface area contributed by atoms with Crippen LogP contribution in [0, 0.1) is 0 Å². The zero-order valence-electron chi connectivity index (χ0n) is 13.7. The number of hydrogen-bond acceptors (Lipinski definition) is 6. The molecule has 7 nitrogen and oxygen atoms in total. The van der Waals surface area contributed by atoms with E-state index in [4.69, 9.17) is 9.47 Å². The van der Waals surface area contributed by atoms with Gasteiger partial charge in [0, 0.05) is 25.6 Å². The minimum absolute atomic E-state index is 0.226. The van der Waals surface area contributed by atoms with E-state index in [0.717, 1.165) is 19.3 Å². The van der Waals surface area contributed by atoms with E-state index in [-0.39, 0.29) is 17.5 Å². The van der Waals surface area contributed by atoms with Crippen LogP contribution in [0.25, 0.3) is 0 Å². The number of rotatable bonds is 9. The van der Waals surface area contributed by atoms with E-state index in [9.17, 15) is 13.2 Å². The van der Waals surface area contributed by atoms with Crippen molar-refractivity contribution in [3.8, 4) is 0 Å². The topological polar surface area (TPSA) is 94.1 Å². The number of nitrogens with one attached hydrogen (secondary N) is 1. The molecule has 2 rings (SSSR count). The Balaban J connectivity index is 1.71. The number of benzene rings is 1. The zero-order chi connectivity index (χ0) is 17.4. The molecule has 1 aromatic rings. The first-order valence-corrected chi connectivity index (χ1v) is 9.34. The third-order valence-electron chi connectivity index (χ3n) is 3.52. The third-order valence-corrected chi connectivity index (χ3v) is 4.92. The van der Waals surface area contributed by atoms with Gasteiger partial charge in [0.05, 0.1) is 11.5 Å². The van der Waals surface area contributed by atoms with Crippen LogP contribution < -0.4 is 4.72 Å². The lowest BCUT2D eigenvalue weighted by Gasteiger charge is -2.03. The van der Waals surface area contributed by atoms with Crippen molar-refractivity contribution in [3.05, 3.63) is 29.8 Å². The molecule has 0 saturated carbocycles. The number of aliphatic imine (C=N–C) groups is 1. The summed E-state index contributed by atoms with van der Waals surface area (Å²) in [4.78, 5) is 16.0. The minimum Gasteiger partial charge on any atom is -0.463 e. The molecule has 0 saturated heterocycles. The van der Waals surface area contributed by atoms with Crippen molar-refractivity contribution in [2.45, 2.75) is 30.6 Å². The van der Waals surface area contributed by atoms with Crippen LogP contribution in [0.2, 0.25) is 0 Å². The molecule has 1 N–H and O–H groups in total. The predicted molar refractivity (Wildman–Crippen MR) is 89.5 cm³/mol. The van der Waals surface area contributed by atoms with E-state index < -0.39 is 10.0 Å². The van der Waals surface area contributed by atoms with Gasteiger partial charge < -0.3 is 9.47 Å². The van der Waals surface area contributed by atoms with Gasteiger partial charge in [-0.3, -0.25) is 14.5 Å². The Bertz CT molecular complexity index is 700. The lowest BCUT2D eigenvalue weighted by molar-refractivity contribution is -0.145. The molecular formula is C16H22N2O5S. The first kappa shape index (κ1) is 18.4. The molecule has 1 aromatic carbocycles. The highest BCUT2D eigenvalue weighted by molar-refractivity contribution is 7.90. The smallest absolute Gasteiger partial charge is 0.305 e. The summed E-state index contributed by atoms with van der Waals surface area (Å²) in [6.07, 6.45) is 2.69. The number of nitrogens with zero attached hydrogens (tertiary/aromatic N) is 1. The van der Waals surface area contributed by atoms with Gasteiger partial charge in [-0.1, -0.05) is 18.6 Å². The van der Waals surface area contributed by atoms with Gasteiger partial charge in [0.1, 0.15) is 12.4 Å². The molecule has 0 aliphatic carbocycles. The fraction of sp³-hybridized carbons (Fsp3) is 0.500. The van der Waals surface area contributed by atoms with Crippen LogP contribution in [-0.4, -0.2) is 47.1 Å². The normalized spacial score (nSPS) is 16.6. The number of carbonyl (C=O) groups excluding carboxylic acids is 1. The SMILES string of the molecule is COCCOC(=O)CCCCCN=C1NS(=O)(=O)c2ccccc21. The summed E-state index contributed by atoms with van der Waals surface area (Å²) in [6, 6.07) is 6.77. The summed E-state index contributed by atoms with van der Waals surface area (Å²) in [5.41, 5.74) is 0.610. The number of sulfonamides is 1. The van der Waals surface area contributed by atoms with Gasteiger partial charge in [0.25, 0.3) is 10.0 Å². The highest BCUT2D eigenvalue weighted by atomic mass is 32.2. The van der Waals surface area contributed by atoms with Crippen molar-refractivity contribution in [1.29, 1.82) is 0 Å². The number of ether oxygens (including phenoxy) is 2. The molecule has 1 aliphatic rings. The van der Waals surface area contributed by atoms with Crippen molar-refractivity contribution in [2.24, 2.45) is 4.99 Å². The number of hydrogen-bond donors (Lipinski definition) is 1. The fourth-order valence-corrected chi connectivity index (χ4v) is 3.56. The van der Waals surface area contributed by atoms with Crippen molar-refractivity contribution in [2.75, 3.05) is 26.9 Å². The van der Waals surface area contributed by atoms with Crippen LogP contribution in [0.3, 0.4) is 0 Å². The Labute approximate surface area is 142 Å². The number of amidine groups is 1. The molecule has 0 unspecified atom stereocenters. The number of methoxy groups -OCH3 is 1. The van der Waals surface area contributed by atoms with Crippen molar-refractivity contribution < 1.29 is 22.7 Å². The van der Waals surface area contributed by atoms with E-state index in [1.54, 1.807) is 31.4 Å². The largest absolute Gasteiger partial charge is 0.463 e. The van der Waals surface area contributed by atoms with Gasteiger partial charge in [-0.25, -0.2) is 8.42 Å². The molecule has 0 amide bonds. The van der Waals surface area contributed by atoms with Gasteiger partial charge in [-0.15, -0.1) is 0 Å². The lowest BCUT2D eigenvalue weighted by atomic mass is 10.2. The number of carbonyl (C=O) groups is 1. The summed E-state index contributed by atoms with van der Waals surface area (Å²) in [7, 11) is -1.92. The van der Waals surface area contributed by atoms with E-state index in [1.165, 1.54) is 0 Å². The van der Waals surface area contributed by atoms with Crippen LogP contribution in [0.1, 0.15) is 31.2 Å². The second-order valence-electron chi connectivity index (χ2n) is 5.36. The molecule has 0 radical (unpaired) electrons. The van der Waals surface area contributed by atoms with Gasteiger partial charge >= 0.3 is 5.97 Å². The first-order valence-electron chi connectivity index (χ1n) is 7.86. The number of esters is 1. The van der Waals surface area contributed by atoms with Crippen molar-refractivity contribution in [1.82, 2.24) is 4.72 Å². The summed E-state index contributed by atoms with van der Waals surface area (Å²) in [6.45, 7) is 1.19. The molecule has 1 aliphatic heterocycles. The first-order chi connectivity index (χ1) is 11.5. The summed E-state index contributed by atoms with van der Waals surface area (Å²) < 4.78 is 36.1. The molecule has 0 bridgehead atoms. The highest BCUT2D eigenvalue weighted by Gasteiger charge is 2.29. The monoisotopic (exact) mass is 354 g/mol. The lowest BCUT2D eigenvalue weighted by Crippen LogP contribution is -2.22. The summed E-state index contributed by atoms with van der Waals surface area (Å²) >= 11 is 0. The van der Waals surface area contributed by atoms with E-state index in [2.05, 4.69) is 9.71 Å². The van der Waals surface area contributed by atoms with Crippen LogP contribution in [0.4, 0.5) is 0 Å². The van der Waals surface area contributed by atoms with Crippen LogP contribution >= 0.6 is 0 Å². The number of fused-ring (bicyclic) bond motifs is 1. The van der Waals surface area contributed by atoms with Crippen LogP contribution in [-0.2, 0) is 24.3 Å². The molecule has 0 fully saturated rings. The zero-order valence-corrected chi connectivity index (χ0v) is 14.5. The number of unbranched alkanes of at least 4 members (excludes halogenated alkanes) is 2. The maximum Gasteiger partial charge on any atom is 0.305 e. The molecule has 24 heavy (non-hydrogen) atoms. The standard InChI is InChI=1S/C16H22N2O5S/c1-22-11-12-23-15(19)9-3-2-6-10-17-16-13-7-4-5-8-14(13)24(20,21)18-16/h4-5,7-8H,2-3,6,9-12H2,1H3,(H,17,18).